The largest absolute Gasteiger partial charge is 0.378 e. The summed E-state index contributed by atoms with van der Waals surface area (Å²) in [4.78, 5) is 23.9. The van der Waals surface area contributed by atoms with Gasteiger partial charge in [-0.2, -0.15) is 0 Å². The third-order valence-electron chi connectivity index (χ3n) is 5.96. The number of thiazole rings is 1. The average molecular weight is 463 g/mol. The van der Waals surface area contributed by atoms with E-state index in [1.54, 1.807) is 22.7 Å². The SMILES string of the molecule is CCN1CCc2c(sc(NC(=O)c3ccc(N(C)C)cc3)c2-c2nc3ccccc3s2)C1. The quantitative estimate of drug-likeness (QED) is 0.412. The molecule has 32 heavy (non-hydrogen) atoms. The molecule has 1 amide bonds. The lowest BCUT2D eigenvalue weighted by Gasteiger charge is -2.25. The first-order chi connectivity index (χ1) is 15.5. The molecule has 2 aromatic heterocycles. The lowest BCUT2D eigenvalue weighted by atomic mass is 10.0. The molecule has 0 unspecified atom stereocenters. The van der Waals surface area contributed by atoms with E-state index in [0.29, 0.717) is 5.56 Å². The van der Waals surface area contributed by atoms with Crippen molar-refractivity contribution in [1.82, 2.24) is 9.88 Å². The van der Waals surface area contributed by atoms with Gasteiger partial charge in [0, 0.05) is 48.9 Å². The number of hydrogen-bond acceptors (Lipinski definition) is 6. The lowest BCUT2D eigenvalue weighted by molar-refractivity contribution is 0.102. The van der Waals surface area contributed by atoms with Gasteiger partial charge in [-0.1, -0.05) is 19.1 Å². The second kappa shape index (κ2) is 8.65. The normalized spacial score (nSPS) is 13.8. The first-order valence-corrected chi connectivity index (χ1v) is 12.5. The summed E-state index contributed by atoms with van der Waals surface area (Å²) in [6.45, 7) is 5.21. The number of anilines is 2. The summed E-state index contributed by atoms with van der Waals surface area (Å²) in [6.07, 6.45) is 0.984. The van der Waals surface area contributed by atoms with Crippen molar-refractivity contribution in [1.29, 1.82) is 0 Å². The van der Waals surface area contributed by atoms with Gasteiger partial charge in [0.2, 0.25) is 0 Å². The van der Waals surface area contributed by atoms with Gasteiger partial charge in [0.05, 0.1) is 10.2 Å². The number of nitrogens with one attached hydrogen (secondary N) is 1. The van der Waals surface area contributed by atoms with E-state index in [4.69, 9.17) is 4.98 Å². The Hall–Kier alpha value is -2.74. The zero-order chi connectivity index (χ0) is 22.2. The molecule has 5 nitrogen and oxygen atoms in total. The fourth-order valence-corrected chi connectivity index (χ4v) is 6.50. The minimum atomic E-state index is -0.0800. The van der Waals surface area contributed by atoms with Crippen molar-refractivity contribution in [3.63, 3.8) is 0 Å². The van der Waals surface area contributed by atoms with Crippen LogP contribution in [-0.4, -0.2) is 43.0 Å². The van der Waals surface area contributed by atoms with E-state index in [2.05, 4.69) is 29.3 Å². The smallest absolute Gasteiger partial charge is 0.256 e. The molecule has 3 heterocycles. The molecule has 164 valence electrons. The second-order valence-electron chi connectivity index (χ2n) is 8.21. The maximum absolute atomic E-state index is 13.1. The molecule has 2 aromatic carbocycles. The van der Waals surface area contributed by atoms with Crippen LogP contribution >= 0.6 is 22.7 Å². The van der Waals surface area contributed by atoms with E-state index in [1.165, 1.54) is 15.1 Å². The van der Waals surface area contributed by atoms with E-state index >= 15 is 0 Å². The number of hydrogen-bond donors (Lipinski definition) is 1. The minimum Gasteiger partial charge on any atom is -0.378 e. The number of carbonyl (C=O) groups is 1. The first-order valence-electron chi connectivity index (χ1n) is 10.8. The Morgan fingerprint density at radius 1 is 1.12 bits per heavy atom. The number of amides is 1. The molecule has 7 heteroatoms. The van der Waals surface area contributed by atoms with Crippen LogP contribution in [0.3, 0.4) is 0 Å². The molecule has 1 N–H and O–H groups in total. The molecule has 0 aliphatic carbocycles. The van der Waals surface area contributed by atoms with Crippen LogP contribution in [0.2, 0.25) is 0 Å². The van der Waals surface area contributed by atoms with Crippen LogP contribution in [0, 0.1) is 0 Å². The Labute approximate surface area is 196 Å². The fraction of sp³-hybridized carbons (Fsp3) is 0.280. The Balaban J connectivity index is 1.53. The maximum Gasteiger partial charge on any atom is 0.256 e. The van der Waals surface area contributed by atoms with Gasteiger partial charge in [-0.3, -0.25) is 9.69 Å². The Morgan fingerprint density at radius 2 is 1.91 bits per heavy atom. The Bertz CT molecular complexity index is 1240. The van der Waals surface area contributed by atoms with Gasteiger partial charge >= 0.3 is 0 Å². The Kier molecular flexibility index (Phi) is 5.71. The molecule has 1 aliphatic rings. The van der Waals surface area contributed by atoms with Crippen molar-refractivity contribution in [2.24, 2.45) is 0 Å². The summed E-state index contributed by atoms with van der Waals surface area (Å²) in [5.41, 5.74) is 5.20. The number of benzene rings is 2. The molecule has 0 saturated carbocycles. The molecular formula is C25H26N4OS2. The van der Waals surface area contributed by atoms with E-state index in [9.17, 15) is 4.79 Å². The minimum absolute atomic E-state index is 0.0800. The van der Waals surface area contributed by atoms with Crippen LogP contribution in [0.25, 0.3) is 20.8 Å². The van der Waals surface area contributed by atoms with Crippen LogP contribution in [-0.2, 0) is 13.0 Å². The van der Waals surface area contributed by atoms with Crippen LogP contribution in [0.5, 0.6) is 0 Å². The number of likely N-dealkylation sites (N-methyl/N-ethyl adjacent to an activating group) is 1. The molecular weight excluding hydrogens is 436 g/mol. The summed E-state index contributed by atoms with van der Waals surface area (Å²) in [5, 5.41) is 5.13. The molecule has 0 fully saturated rings. The number of aromatic nitrogens is 1. The van der Waals surface area contributed by atoms with Crippen molar-refractivity contribution in [3.05, 3.63) is 64.5 Å². The summed E-state index contributed by atoms with van der Waals surface area (Å²) in [6, 6.07) is 15.9. The van der Waals surface area contributed by atoms with E-state index in [1.807, 2.05) is 55.4 Å². The van der Waals surface area contributed by atoms with Gasteiger partial charge in [0.15, 0.2) is 0 Å². The highest BCUT2D eigenvalue weighted by molar-refractivity contribution is 7.23. The number of nitrogens with zero attached hydrogens (tertiary/aromatic N) is 3. The van der Waals surface area contributed by atoms with E-state index < -0.39 is 0 Å². The topological polar surface area (TPSA) is 48.5 Å². The van der Waals surface area contributed by atoms with Gasteiger partial charge in [-0.05, 0) is 54.9 Å². The molecule has 0 atom stereocenters. The van der Waals surface area contributed by atoms with E-state index in [0.717, 1.165) is 52.8 Å². The summed E-state index contributed by atoms with van der Waals surface area (Å²) in [7, 11) is 3.99. The Morgan fingerprint density at radius 3 is 2.62 bits per heavy atom. The highest BCUT2D eigenvalue weighted by atomic mass is 32.1. The van der Waals surface area contributed by atoms with Gasteiger partial charge < -0.3 is 10.2 Å². The van der Waals surface area contributed by atoms with Crippen molar-refractivity contribution in [2.75, 3.05) is 37.4 Å². The van der Waals surface area contributed by atoms with Crippen molar-refractivity contribution < 1.29 is 4.79 Å². The monoisotopic (exact) mass is 462 g/mol. The lowest BCUT2D eigenvalue weighted by Crippen LogP contribution is -2.29. The first kappa shape index (κ1) is 21.1. The highest BCUT2D eigenvalue weighted by Crippen LogP contribution is 2.45. The predicted molar refractivity (Wildman–Crippen MR) is 136 cm³/mol. The zero-order valence-electron chi connectivity index (χ0n) is 18.5. The second-order valence-corrected chi connectivity index (χ2v) is 10.3. The molecule has 0 radical (unpaired) electrons. The molecule has 4 aromatic rings. The van der Waals surface area contributed by atoms with Gasteiger partial charge in [0.25, 0.3) is 5.91 Å². The van der Waals surface area contributed by atoms with Crippen molar-refractivity contribution in [2.45, 2.75) is 19.9 Å². The molecule has 5 rings (SSSR count). The van der Waals surface area contributed by atoms with Crippen LogP contribution < -0.4 is 10.2 Å². The maximum atomic E-state index is 13.1. The molecule has 0 bridgehead atoms. The van der Waals surface area contributed by atoms with Gasteiger partial charge in [-0.25, -0.2) is 4.98 Å². The third-order valence-corrected chi connectivity index (χ3v) is 8.15. The fourth-order valence-electron chi connectivity index (χ4n) is 4.11. The number of para-hydroxylation sites is 1. The predicted octanol–water partition coefficient (Wildman–Crippen LogP) is 5.72. The number of fused-ring (bicyclic) bond motifs is 2. The number of thiophene rings is 1. The average Bonchev–Trinajstić information content (AvgIpc) is 3.38. The van der Waals surface area contributed by atoms with E-state index in [-0.39, 0.29) is 5.91 Å². The summed E-state index contributed by atoms with van der Waals surface area (Å²) < 4.78 is 1.17. The van der Waals surface area contributed by atoms with Gasteiger partial charge in [-0.15, -0.1) is 22.7 Å². The van der Waals surface area contributed by atoms with Crippen LogP contribution in [0.4, 0.5) is 10.7 Å². The van der Waals surface area contributed by atoms with Crippen molar-refractivity contribution in [3.8, 4) is 10.6 Å². The molecule has 0 saturated heterocycles. The molecule has 1 aliphatic heterocycles. The summed E-state index contributed by atoms with van der Waals surface area (Å²) in [5.74, 6) is -0.0800. The number of rotatable bonds is 5. The van der Waals surface area contributed by atoms with Crippen LogP contribution in [0.1, 0.15) is 27.7 Å². The zero-order valence-corrected chi connectivity index (χ0v) is 20.1. The standard InChI is InChI=1S/C25H26N4OS2/c1-4-29-14-13-18-21(15-29)32-25(22(18)24-26-19-7-5-6-8-20(19)31-24)27-23(30)16-9-11-17(12-10-16)28(2)3/h5-12H,4,13-15H2,1-3H3,(H,27,30). The molecule has 0 spiro atoms. The third kappa shape index (κ3) is 3.92. The highest BCUT2D eigenvalue weighted by Gasteiger charge is 2.27. The number of carbonyl (C=O) groups excluding carboxylic acids is 1. The van der Waals surface area contributed by atoms with Gasteiger partial charge in [0.1, 0.15) is 10.0 Å². The van der Waals surface area contributed by atoms with Crippen LogP contribution in [0.15, 0.2) is 48.5 Å². The summed E-state index contributed by atoms with van der Waals surface area (Å²) >= 11 is 3.40. The van der Waals surface area contributed by atoms with Crippen molar-refractivity contribution >= 4 is 49.5 Å².